The zero-order valence-corrected chi connectivity index (χ0v) is 14.2. The van der Waals surface area contributed by atoms with E-state index in [2.05, 4.69) is 5.32 Å². The SMILES string of the molecule is CN(CC(=O)Nc1cc(Cl)ccc1Cl)CC1CCCCC1O. The number of carbonyl (C=O) groups is 1. The zero-order valence-electron chi connectivity index (χ0n) is 12.7. The van der Waals surface area contributed by atoms with Gasteiger partial charge in [-0.25, -0.2) is 0 Å². The molecule has 2 rings (SSSR count). The molecule has 6 heteroatoms. The van der Waals surface area contributed by atoms with Crippen molar-refractivity contribution in [2.24, 2.45) is 5.92 Å². The lowest BCUT2D eigenvalue weighted by atomic mass is 9.86. The minimum Gasteiger partial charge on any atom is -0.393 e. The van der Waals surface area contributed by atoms with Crippen LogP contribution in [0.1, 0.15) is 25.7 Å². The van der Waals surface area contributed by atoms with Gasteiger partial charge in [0.05, 0.1) is 23.4 Å². The van der Waals surface area contributed by atoms with Gasteiger partial charge in [-0.2, -0.15) is 0 Å². The third kappa shape index (κ3) is 5.13. The average molecular weight is 345 g/mol. The fourth-order valence-corrected chi connectivity index (χ4v) is 3.23. The number of aliphatic hydroxyl groups excluding tert-OH is 1. The van der Waals surface area contributed by atoms with Crippen molar-refractivity contribution >= 4 is 34.8 Å². The molecule has 0 heterocycles. The Morgan fingerprint density at radius 2 is 2.09 bits per heavy atom. The topological polar surface area (TPSA) is 52.6 Å². The standard InChI is InChI=1S/C16H22Cl2N2O2/c1-20(9-11-4-2-3-5-15(11)21)10-16(22)19-14-8-12(17)6-7-13(14)18/h6-8,11,15,21H,2-5,9-10H2,1H3,(H,19,22). The molecule has 1 aliphatic carbocycles. The summed E-state index contributed by atoms with van der Waals surface area (Å²) in [6.07, 6.45) is 3.88. The zero-order chi connectivity index (χ0) is 16.1. The molecule has 1 aliphatic rings. The van der Waals surface area contributed by atoms with E-state index in [4.69, 9.17) is 23.2 Å². The summed E-state index contributed by atoms with van der Waals surface area (Å²) < 4.78 is 0. The van der Waals surface area contributed by atoms with Crippen molar-refractivity contribution in [1.82, 2.24) is 4.90 Å². The lowest BCUT2D eigenvalue weighted by molar-refractivity contribution is -0.117. The molecule has 0 spiro atoms. The maximum Gasteiger partial charge on any atom is 0.238 e. The molecular weight excluding hydrogens is 323 g/mol. The van der Waals surface area contributed by atoms with Crippen molar-refractivity contribution in [3.63, 3.8) is 0 Å². The van der Waals surface area contributed by atoms with Crippen LogP contribution >= 0.6 is 23.2 Å². The molecule has 22 heavy (non-hydrogen) atoms. The Labute approximate surface area is 141 Å². The van der Waals surface area contributed by atoms with Crippen LogP contribution in [0.5, 0.6) is 0 Å². The molecule has 1 saturated carbocycles. The molecule has 2 N–H and O–H groups in total. The van der Waals surface area contributed by atoms with E-state index >= 15 is 0 Å². The average Bonchev–Trinajstić information content (AvgIpc) is 2.45. The number of anilines is 1. The second-order valence-electron chi connectivity index (χ2n) is 5.98. The first-order valence-corrected chi connectivity index (χ1v) is 8.33. The van der Waals surface area contributed by atoms with Crippen molar-refractivity contribution in [2.75, 3.05) is 25.5 Å². The lowest BCUT2D eigenvalue weighted by Crippen LogP contribution is -2.38. The van der Waals surface area contributed by atoms with Crippen LogP contribution in [-0.4, -0.2) is 42.2 Å². The number of nitrogens with zero attached hydrogens (tertiary/aromatic N) is 1. The van der Waals surface area contributed by atoms with Crippen molar-refractivity contribution < 1.29 is 9.90 Å². The fraction of sp³-hybridized carbons (Fsp3) is 0.562. The first kappa shape index (κ1) is 17.5. The van der Waals surface area contributed by atoms with Gasteiger partial charge in [0, 0.05) is 11.6 Å². The monoisotopic (exact) mass is 344 g/mol. The molecule has 2 unspecified atom stereocenters. The van der Waals surface area contributed by atoms with Gasteiger partial charge in [-0.1, -0.05) is 36.0 Å². The summed E-state index contributed by atoms with van der Waals surface area (Å²) >= 11 is 11.9. The molecule has 0 saturated heterocycles. The van der Waals surface area contributed by atoms with Crippen LogP contribution < -0.4 is 5.32 Å². The highest BCUT2D eigenvalue weighted by Gasteiger charge is 2.24. The van der Waals surface area contributed by atoms with Crippen molar-refractivity contribution in [1.29, 1.82) is 0 Å². The maximum atomic E-state index is 12.1. The van der Waals surface area contributed by atoms with Gasteiger partial charge in [0.15, 0.2) is 0 Å². The number of halogens is 2. The molecule has 1 amide bonds. The second kappa shape index (κ2) is 8.16. The van der Waals surface area contributed by atoms with Crippen LogP contribution in [0.3, 0.4) is 0 Å². The third-order valence-electron chi connectivity index (χ3n) is 4.03. The van der Waals surface area contributed by atoms with Crippen molar-refractivity contribution in [2.45, 2.75) is 31.8 Å². The molecule has 4 nitrogen and oxygen atoms in total. The number of rotatable bonds is 5. The predicted octanol–water partition coefficient (Wildman–Crippen LogP) is 3.41. The summed E-state index contributed by atoms with van der Waals surface area (Å²) in [6, 6.07) is 4.96. The predicted molar refractivity (Wildman–Crippen MR) is 90.6 cm³/mol. The third-order valence-corrected chi connectivity index (χ3v) is 4.60. The molecule has 1 aromatic rings. The molecule has 0 aromatic heterocycles. The van der Waals surface area contributed by atoms with Crippen molar-refractivity contribution in [3.05, 3.63) is 28.2 Å². The van der Waals surface area contributed by atoms with Gasteiger partial charge in [-0.05, 0) is 44.0 Å². The number of amides is 1. The Hall–Kier alpha value is -0.810. The molecular formula is C16H22Cl2N2O2. The van der Waals surface area contributed by atoms with E-state index < -0.39 is 0 Å². The van der Waals surface area contributed by atoms with Crippen LogP contribution in [0.4, 0.5) is 5.69 Å². The minimum absolute atomic E-state index is 0.142. The molecule has 0 bridgehead atoms. The Morgan fingerprint density at radius 3 is 2.82 bits per heavy atom. The van der Waals surface area contributed by atoms with Crippen LogP contribution in [0.2, 0.25) is 10.0 Å². The van der Waals surface area contributed by atoms with E-state index in [1.54, 1.807) is 18.2 Å². The highest BCUT2D eigenvalue weighted by molar-refractivity contribution is 6.35. The van der Waals surface area contributed by atoms with Crippen molar-refractivity contribution in [3.8, 4) is 0 Å². The first-order chi connectivity index (χ1) is 10.5. The van der Waals surface area contributed by atoms with Crippen LogP contribution in [0, 0.1) is 5.92 Å². The second-order valence-corrected chi connectivity index (χ2v) is 6.82. The van der Waals surface area contributed by atoms with Gasteiger partial charge in [-0.15, -0.1) is 0 Å². The van der Waals surface area contributed by atoms with Gasteiger partial charge in [-0.3, -0.25) is 9.69 Å². The fourth-order valence-electron chi connectivity index (χ4n) is 2.89. The van der Waals surface area contributed by atoms with E-state index in [0.717, 1.165) is 32.2 Å². The van der Waals surface area contributed by atoms with Gasteiger partial charge < -0.3 is 10.4 Å². The Kier molecular flexibility index (Phi) is 6.50. The normalized spacial score (nSPS) is 21.9. The Morgan fingerprint density at radius 1 is 1.36 bits per heavy atom. The number of hydrogen-bond donors (Lipinski definition) is 2. The van der Waals surface area contributed by atoms with Gasteiger partial charge in [0.25, 0.3) is 0 Å². The molecule has 0 radical (unpaired) electrons. The quantitative estimate of drug-likeness (QED) is 0.860. The Balaban J connectivity index is 1.84. The lowest BCUT2D eigenvalue weighted by Gasteiger charge is -2.30. The highest BCUT2D eigenvalue weighted by Crippen LogP contribution is 2.26. The highest BCUT2D eigenvalue weighted by atomic mass is 35.5. The van der Waals surface area contributed by atoms with Crippen LogP contribution in [0.15, 0.2) is 18.2 Å². The van der Waals surface area contributed by atoms with Crippen LogP contribution in [-0.2, 0) is 4.79 Å². The molecule has 1 fully saturated rings. The van der Waals surface area contributed by atoms with E-state index in [0.29, 0.717) is 15.7 Å². The number of likely N-dealkylation sites (N-methyl/N-ethyl adjacent to an activating group) is 1. The molecule has 122 valence electrons. The first-order valence-electron chi connectivity index (χ1n) is 7.57. The molecule has 1 aromatic carbocycles. The summed E-state index contributed by atoms with van der Waals surface area (Å²) in [5.74, 6) is 0.110. The summed E-state index contributed by atoms with van der Waals surface area (Å²) in [5, 5.41) is 13.8. The maximum absolute atomic E-state index is 12.1. The molecule has 0 aliphatic heterocycles. The van der Waals surface area contributed by atoms with Gasteiger partial charge >= 0.3 is 0 Å². The van der Waals surface area contributed by atoms with E-state index in [-0.39, 0.29) is 24.5 Å². The summed E-state index contributed by atoms with van der Waals surface area (Å²) in [7, 11) is 1.89. The van der Waals surface area contributed by atoms with Gasteiger partial charge in [0.2, 0.25) is 5.91 Å². The number of carbonyl (C=O) groups excluding carboxylic acids is 1. The summed E-state index contributed by atoms with van der Waals surface area (Å²) in [5.41, 5.74) is 0.519. The van der Waals surface area contributed by atoms with Crippen LogP contribution in [0.25, 0.3) is 0 Å². The van der Waals surface area contributed by atoms with Gasteiger partial charge in [0.1, 0.15) is 0 Å². The number of aliphatic hydroxyl groups is 1. The largest absolute Gasteiger partial charge is 0.393 e. The van der Waals surface area contributed by atoms with E-state index in [1.807, 2.05) is 11.9 Å². The number of hydrogen-bond acceptors (Lipinski definition) is 3. The number of benzene rings is 1. The summed E-state index contributed by atoms with van der Waals surface area (Å²) in [6.45, 7) is 0.976. The Bertz CT molecular complexity index is 525. The minimum atomic E-state index is -0.248. The summed E-state index contributed by atoms with van der Waals surface area (Å²) in [4.78, 5) is 14.0. The molecule has 2 atom stereocenters. The van der Waals surface area contributed by atoms with E-state index in [9.17, 15) is 9.90 Å². The smallest absolute Gasteiger partial charge is 0.238 e. The van der Waals surface area contributed by atoms with E-state index in [1.165, 1.54) is 0 Å². The number of nitrogens with one attached hydrogen (secondary N) is 1.